The number of hydrogen-bond donors (Lipinski definition) is 1. The molecule has 0 spiro atoms. The quantitative estimate of drug-likeness (QED) is 0.871. The number of carbonyl (C=O) groups excluding carboxylic acids is 1. The summed E-state index contributed by atoms with van der Waals surface area (Å²) in [5.41, 5.74) is 0.355. The summed E-state index contributed by atoms with van der Waals surface area (Å²) >= 11 is 0. The lowest BCUT2D eigenvalue weighted by molar-refractivity contribution is 0.102. The fraction of sp³-hybridized carbons (Fsp3) is 0.143. The fourth-order valence-corrected chi connectivity index (χ4v) is 1.64. The van der Waals surface area contributed by atoms with Gasteiger partial charge in [-0.25, -0.2) is 4.98 Å². The van der Waals surface area contributed by atoms with Gasteiger partial charge >= 0.3 is 0 Å². The first-order valence-corrected chi connectivity index (χ1v) is 5.80. The molecule has 0 aliphatic carbocycles. The predicted octanol–water partition coefficient (Wildman–Crippen LogP) is 2.49. The second kappa shape index (κ2) is 6.01. The Morgan fingerprint density at radius 2 is 1.90 bits per heavy atom. The van der Waals surface area contributed by atoms with E-state index in [-0.39, 0.29) is 5.82 Å². The van der Waals surface area contributed by atoms with Crippen LogP contribution in [0.2, 0.25) is 0 Å². The lowest BCUT2D eigenvalue weighted by atomic mass is 10.2. The Bertz CT molecular complexity index is 632. The maximum absolute atomic E-state index is 12.9. The molecule has 2 aromatic rings. The highest BCUT2D eigenvalue weighted by Crippen LogP contribution is 2.27. The van der Waals surface area contributed by atoms with Gasteiger partial charge in [-0.3, -0.25) is 4.79 Å². The standard InChI is InChI=1S/C14H13FN2O3/c1-19-10-7-6-9(8-11(10)20-2)14(18)17-13-5-3-4-12(15)16-13/h3-8H,1-2H3,(H,16,17,18). The van der Waals surface area contributed by atoms with Gasteiger partial charge in [0.1, 0.15) is 5.82 Å². The molecule has 0 unspecified atom stereocenters. The van der Waals surface area contributed by atoms with Crippen LogP contribution in [0.3, 0.4) is 0 Å². The number of pyridine rings is 1. The zero-order valence-corrected chi connectivity index (χ0v) is 11.0. The van der Waals surface area contributed by atoms with Crippen molar-refractivity contribution in [2.24, 2.45) is 0 Å². The first-order chi connectivity index (χ1) is 9.63. The largest absolute Gasteiger partial charge is 0.493 e. The number of nitrogens with zero attached hydrogens (tertiary/aromatic N) is 1. The second-order valence-electron chi connectivity index (χ2n) is 3.87. The highest BCUT2D eigenvalue weighted by atomic mass is 19.1. The van der Waals surface area contributed by atoms with Crippen molar-refractivity contribution >= 4 is 11.7 Å². The minimum absolute atomic E-state index is 0.143. The molecule has 1 aromatic heterocycles. The summed E-state index contributed by atoms with van der Waals surface area (Å²) < 4.78 is 23.1. The molecule has 1 amide bonds. The van der Waals surface area contributed by atoms with Crippen molar-refractivity contribution in [3.63, 3.8) is 0 Å². The smallest absolute Gasteiger partial charge is 0.256 e. The second-order valence-corrected chi connectivity index (χ2v) is 3.87. The average molecular weight is 276 g/mol. The number of anilines is 1. The van der Waals surface area contributed by atoms with E-state index in [1.54, 1.807) is 12.1 Å². The lowest BCUT2D eigenvalue weighted by Gasteiger charge is -2.09. The van der Waals surface area contributed by atoms with Crippen LogP contribution in [0.5, 0.6) is 11.5 Å². The van der Waals surface area contributed by atoms with Crippen molar-refractivity contribution in [2.45, 2.75) is 0 Å². The number of rotatable bonds is 4. The van der Waals surface area contributed by atoms with Gasteiger partial charge in [0, 0.05) is 5.56 Å². The van der Waals surface area contributed by atoms with Crippen molar-refractivity contribution < 1.29 is 18.7 Å². The van der Waals surface area contributed by atoms with Crippen LogP contribution in [0.15, 0.2) is 36.4 Å². The Morgan fingerprint density at radius 3 is 2.55 bits per heavy atom. The van der Waals surface area contributed by atoms with Gasteiger partial charge in [-0.15, -0.1) is 0 Å². The number of halogens is 1. The van der Waals surface area contributed by atoms with E-state index in [1.807, 2.05) is 0 Å². The van der Waals surface area contributed by atoms with Gasteiger partial charge in [-0.2, -0.15) is 4.39 Å². The van der Waals surface area contributed by atoms with Gasteiger partial charge in [-0.05, 0) is 30.3 Å². The predicted molar refractivity (Wildman–Crippen MR) is 71.7 cm³/mol. The highest BCUT2D eigenvalue weighted by Gasteiger charge is 2.11. The first kappa shape index (κ1) is 13.8. The molecule has 0 bridgehead atoms. The van der Waals surface area contributed by atoms with E-state index in [4.69, 9.17) is 9.47 Å². The first-order valence-electron chi connectivity index (χ1n) is 5.80. The third kappa shape index (κ3) is 3.03. The van der Waals surface area contributed by atoms with Gasteiger partial charge < -0.3 is 14.8 Å². The molecule has 0 fully saturated rings. The Morgan fingerprint density at radius 1 is 1.15 bits per heavy atom. The molecule has 0 atom stereocenters. The number of hydrogen-bond acceptors (Lipinski definition) is 4. The van der Waals surface area contributed by atoms with Crippen molar-refractivity contribution in [1.82, 2.24) is 4.98 Å². The number of nitrogens with one attached hydrogen (secondary N) is 1. The molecular weight excluding hydrogens is 263 g/mol. The van der Waals surface area contributed by atoms with Gasteiger partial charge in [0.15, 0.2) is 11.5 Å². The number of ether oxygens (including phenoxy) is 2. The number of amides is 1. The summed E-state index contributed by atoms with van der Waals surface area (Å²) in [5, 5.41) is 2.50. The molecule has 2 rings (SSSR count). The van der Waals surface area contributed by atoms with E-state index in [2.05, 4.69) is 10.3 Å². The van der Waals surface area contributed by atoms with Crippen LogP contribution in [0.1, 0.15) is 10.4 Å². The number of benzene rings is 1. The molecule has 1 heterocycles. The number of methoxy groups -OCH3 is 2. The van der Waals surface area contributed by atoms with E-state index in [0.29, 0.717) is 17.1 Å². The Hall–Kier alpha value is -2.63. The highest BCUT2D eigenvalue weighted by molar-refractivity contribution is 6.04. The van der Waals surface area contributed by atoms with Crippen molar-refractivity contribution in [3.05, 3.63) is 47.9 Å². The molecular formula is C14H13FN2O3. The zero-order chi connectivity index (χ0) is 14.5. The van der Waals surface area contributed by atoms with E-state index in [1.165, 1.54) is 38.5 Å². The van der Waals surface area contributed by atoms with Crippen LogP contribution in [0, 0.1) is 5.95 Å². The minimum atomic E-state index is -0.657. The third-order valence-electron chi connectivity index (χ3n) is 2.60. The summed E-state index contributed by atoms with van der Waals surface area (Å²) in [6, 6.07) is 8.90. The van der Waals surface area contributed by atoms with Crippen molar-refractivity contribution in [3.8, 4) is 11.5 Å². The maximum atomic E-state index is 12.9. The van der Waals surface area contributed by atoms with Gasteiger partial charge in [0.2, 0.25) is 5.95 Å². The van der Waals surface area contributed by atoms with Gasteiger partial charge in [0.05, 0.1) is 14.2 Å². The van der Waals surface area contributed by atoms with Crippen LogP contribution >= 0.6 is 0 Å². The molecule has 1 N–H and O–H groups in total. The van der Waals surface area contributed by atoms with Crippen LogP contribution < -0.4 is 14.8 Å². The minimum Gasteiger partial charge on any atom is -0.493 e. The van der Waals surface area contributed by atoms with Crippen LogP contribution in [0.4, 0.5) is 10.2 Å². The van der Waals surface area contributed by atoms with E-state index in [0.717, 1.165) is 0 Å². The normalized spacial score (nSPS) is 9.95. The third-order valence-corrected chi connectivity index (χ3v) is 2.60. The maximum Gasteiger partial charge on any atom is 0.256 e. The van der Waals surface area contributed by atoms with Crippen molar-refractivity contribution in [1.29, 1.82) is 0 Å². The summed E-state index contributed by atoms with van der Waals surface area (Å²) in [5.74, 6) is 0.0317. The van der Waals surface area contributed by atoms with Gasteiger partial charge in [0.25, 0.3) is 5.91 Å². The molecule has 0 saturated carbocycles. The molecule has 0 aliphatic rings. The van der Waals surface area contributed by atoms with Crippen LogP contribution in [-0.2, 0) is 0 Å². The number of carbonyl (C=O) groups is 1. The summed E-state index contributed by atoms with van der Waals surface area (Å²) in [6.45, 7) is 0. The molecule has 104 valence electrons. The van der Waals surface area contributed by atoms with Crippen LogP contribution in [0.25, 0.3) is 0 Å². The molecule has 0 radical (unpaired) electrons. The van der Waals surface area contributed by atoms with E-state index < -0.39 is 11.9 Å². The molecule has 20 heavy (non-hydrogen) atoms. The van der Waals surface area contributed by atoms with E-state index in [9.17, 15) is 9.18 Å². The van der Waals surface area contributed by atoms with Gasteiger partial charge in [-0.1, -0.05) is 6.07 Å². The fourth-order valence-electron chi connectivity index (χ4n) is 1.64. The summed E-state index contributed by atoms with van der Waals surface area (Å²) in [6.07, 6.45) is 0. The number of aromatic nitrogens is 1. The summed E-state index contributed by atoms with van der Waals surface area (Å²) in [4.78, 5) is 15.6. The van der Waals surface area contributed by atoms with Crippen molar-refractivity contribution in [2.75, 3.05) is 19.5 Å². The monoisotopic (exact) mass is 276 g/mol. The van der Waals surface area contributed by atoms with Crippen LogP contribution in [-0.4, -0.2) is 25.1 Å². The Labute approximate surface area is 115 Å². The lowest BCUT2D eigenvalue weighted by Crippen LogP contribution is -2.13. The molecule has 0 saturated heterocycles. The zero-order valence-electron chi connectivity index (χ0n) is 11.0. The molecule has 1 aromatic carbocycles. The molecule has 5 nitrogen and oxygen atoms in total. The Kier molecular flexibility index (Phi) is 4.14. The average Bonchev–Trinajstić information content (AvgIpc) is 2.46. The Balaban J connectivity index is 2.21. The molecule has 6 heteroatoms. The SMILES string of the molecule is COc1ccc(C(=O)Nc2cccc(F)n2)cc1OC. The van der Waals surface area contributed by atoms with E-state index >= 15 is 0 Å². The molecule has 0 aliphatic heterocycles. The topological polar surface area (TPSA) is 60.5 Å². The summed E-state index contributed by atoms with van der Waals surface area (Å²) in [7, 11) is 2.99.